The van der Waals surface area contributed by atoms with Gasteiger partial charge in [-0.25, -0.2) is 56.1 Å². The molecule has 0 fully saturated rings. The molecule has 1 atom stereocenters. The molecule has 217 valence electrons. The van der Waals surface area contributed by atoms with Gasteiger partial charge in [0.1, 0.15) is 0 Å². The topological polar surface area (TPSA) is 0 Å². The molecule has 0 aliphatic heterocycles. The Hall–Kier alpha value is -2.44. The number of fused-ring (bicyclic) bond motifs is 1. The Balaban J connectivity index is 0.000000270. The summed E-state index contributed by atoms with van der Waals surface area (Å²) in [6.45, 7) is 6.88. The summed E-state index contributed by atoms with van der Waals surface area (Å²) < 4.78 is 131. The first-order valence-electron chi connectivity index (χ1n) is 11.7. The molecule has 0 saturated heterocycles. The van der Waals surface area contributed by atoms with Crippen LogP contribution in [0.1, 0.15) is 30.1 Å². The van der Waals surface area contributed by atoms with Crippen molar-refractivity contribution in [3.63, 3.8) is 0 Å². The molecule has 1 radical (unpaired) electrons. The van der Waals surface area contributed by atoms with Gasteiger partial charge >= 0.3 is 26.2 Å². The Kier molecular flexibility index (Phi) is 13.1. The van der Waals surface area contributed by atoms with E-state index in [-0.39, 0.29) is 41.4 Å². The largest absolute Gasteiger partial charge is 2.00 e. The van der Waals surface area contributed by atoms with E-state index in [4.69, 9.17) is 0 Å². The summed E-state index contributed by atoms with van der Waals surface area (Å²) in [5.74, 6) is -24.9. The predicted molar refractivity (Wildman–Crippen MR) is 139 cm³/mol. The Morgan fingerprint density at radius 1 is 0.690 bits per heavy atom. The molecule has 3 aromatic carbocycles. The molecule has 0 spiro atoms. The number of hydrogen-bond donors (Lipinski definition) is 0. The molecular weight excluding hydrogens is 671 g/mol. The van der Waals surface area contributed by atoms with E-state index in [1.165, 1.54) is 16.7 Å². The van der Waals surface area contributed by atoms with Crippen LogP contribution < -0.4 is 10.9 Å². The summed E-state index contributed by atoms with van der Waals surface area (Å²) in [7, 11) is -0.296. The van der Waals surface area contributed by atoms with E-state index in [0.717, 1.165) is 6.42 Å². The van der Waals surface area contributed by atoms with Gasteiger partial charge < -0.3 is 0 Å². The minimum absolute atomic E-state index is 0. The van der Waals surface area contributed by atoms with Gasteiger partial charge in [-0.05, 0) is 29.9 Å². The standard InChI is InChI=1S/C12BF10.C12H14P.C5H5.Zr/c14-3-1(4(15)8(19)11(22)7(3)18)13-2-5(16)9(20)12(23)10(21)6(2)17;1-9-8-10-6-4-5-7-11(10)12(9)13(2)3;1-2-4-5-3-1;/h;4-7,12H,1-3H3;1-3H,4H2;/q;2*-1;+2. The first-order valence-corrected chi connectivity index (χ1v) is 14.0. The normalized spacial score (nSPS) is 14.4. The molecule has 1 unspecified atom stereocenters. The molecule has 5 rings (SSSR count). The molecule has 2 aliphatic rings. The Morgan fingerprint density at radius 3 is 1.48 bits per heavy atom. The molecule has 3 aromatic rings. The summed E-state index contributed by atoms with van der Waals surface area (Å²) in [5, 5.41) is 0. The quantitative estimate of drug-likeness (QED) is 0.0663. The van der Waals surface area contributed by atoms with Gasteiger partial charge in [0.05, 0.1) is 0 Å². The van der Waals surface area contributed by atoms with Crippen molar-refractivity contribution in [2.24, 2.45) is 0 Å². The van der Waals surface area contributed by atoms with Gasteiger partial charge in [0.15, 0.2) is 58.2 Å². The minimum atomic E-state index is -2.55. The van der Waals surface area contributed by atoms with Gasteiger partial charge in [0.2, 0.25) is 7.28 Å². The van der Waals surface area contributed by atoms with Gasteiger partial charge in [0.25, 0.3) is 0 Å². The molecular formula is C29H19BF10PZr. The van der Waals surface area contributed by atoms with Crippen LogP contribution in [0.4, 0.5) is 43.9 Å². The zero-order valence-electron chi connectivity index (χ0n) is 22.1. The third-order valence-corrected chi connectivity index (χ3v) is 7.57. The number of halogens is 10. The molecule has 0 amide bonds. The fourth-order valence-electron chi connectivity index (χ4n) is 4.01. The zero-order valence-corrected chi connectivity index (χ0v) is 25.5. The van der Waals surface area contributed by atoms with E-state index < -0.39 is 69.1 Å². The van der Waals surface area contributed by atoms with E-state index in [2.05, 4.69) is 62.7 Å². The Labute approximate surface area is 257 Å². The van der Waals surface area contributed by atoms with Crippen LogP contribution in [-0.4, -0.2) is 20.6 Å². The van der Waals surface area contributed by atoms with Crippen LogP contribution in [0.3, 0.4) is 0 Å². The summed E-state index contributed by atoms with van der Waals surface area (Å²) in [5.41, 5.74) is 1.15. The van der Waals surface area contributed by atoms with E-state index in [1.54, 1.807) is 0 Å². The van der Waals surface area contributed by atoms with Crippen molar-refractivity contribution in [1.82, 2.24) is 0 Å². The molecule has 0 aromatic heterocycles. The second kappa shape index (κ2) is 15.3. The molecule has 0 bridgehead atoms. The van der Waals surface area contributed by atoms with Crippen LogP contribution in [0, 0.1) is 70.3 Å². The van der Waals surface area contributed by atoms with Gasteiger partial charge in [-0.1, -0.05) is 13.0 Å². The molecule has 0 saturated carbocycles. The Bertz CT molecular complexity index is 1420. The zero-order chi connectivity index (χ0) is 30.6. The molecule has 42 heavy (non-hydrogen) atoms. The summed E-state index contributed by atoms with van der Waals surface area (Å²) in [6, 6.07) is 8.63. The van der Waals surface area contributed by atoms with Crippen molar-refractivity contribution in [1.29, 1.82) is 0 Å². The van der Waals surface area contributed by atoms with Crippen LogP contribution in [0.2, 0.25) is 0 Å². The summed E-state index contributed by atoms with van der Waals surface area (Å²) in [4.78, 5) is 0. The second-order valence-electron chi connectivity index (χ2n) is 8.88. The number of rotatable bonds is 3. The fraction of sp³-hybridized carbons (Fsp3) is 0.172. The van der Waals surface area contributed by atoms with E-state index in [1.807, 2.05) is 12.2 Å². The van der Waals surface area contributed by atoms with Crippen molar-refractivity contribution in [2.75, 3.05) is 13.3 Å². The van der Waals surface area contributed by atoms with Crippen LogP contribution in [0.25, 0.3) is 0 Å². The van der Waals surface area contributed by atoms with E-state index >= 15 is 0 Å². The first-order chi connectivity index (χ1) is 19.3. The first kappa shape index (κ1) is 35.8. The average Bonchev–Trinajstić information content (AvgIpc) is 3.64. The maximum Gasteiger partial charge on any atom is 2.00 e. The summed E-state index contributed by atoms with van der Waals surface area (Å²) in [6.07, 6.45) is 13.5. The van der Waals surface area contributed by atoms with Gasteiger partial charge in [-0.2, -0.15) is 23.8 Å². The third-order valence-electron chi connectivity index (χ3n) is 5.88. The van der Waals surface area contributed by atoms with Crippen molar-refractivity contribution in [3.8, 4) is 0 Å². The van der Waals surface area contributed by atoms with Crippen LogP contribution in [-0.2, 0) is 26.2 Å². The van der Waals surface area contributed by atoms with E-state index in [9.17, 15) is 43.9 Å². The maximum absolute atomic E-state index is 13.4. The smallest absolute Gasteiger partial charge is 0.273 e. The van der Waals surface area contributed by atoms with Crippen molar-refractivity contribution in [2.45, 2.75) is 19.0 Å². The summed E-state index contributed by atoms with van der Waals surface area (Å²) >= 11 is 0. The van der Waals surface area contributed by atoms with Gasteiger partial charge in [-0.3, -0.25) is 6.08 Å². The van der Waals surface area contributed by atoms with Gasteiger partial charge in [-0.15, -0.1) is 37.6 Å². The van der Waals surface area contributed by atoms with Crippen molar-refractivity contribution >= 4 is 26.1 Å². The SMILES string of the molecule is CC1=[C-]c2ccccc2C1P(C)C.Fc1c(F)c(F)c([B]c2c(F)c(F)c(F)c(F)c2F)c(F)c1F.[C-]1=CC=CC1.[Zr+2]. The van der Waals surface area contributed by atoms with Crippen LogP contribution >= 0.6 is 7.92 Å². The van der Waals surface area contributed by atoms with Crippen LogP contribution in [0.15, 0.2) is 48.1 Å². The van der Waals surface area contributed by atoms with E-state index in [0.29, 0.717) is 5.66 Å². The molecule has 0 N–H and O–H groups in total. The third kappa shape index (κ3) is 7.55. The molecule has 2 aliphatic carbocycles. The van der Waals surface area contributed by atoms with Crippen molar-refractivity contribution in [3.05, 3.63) is 130 Å². The molecule has 0 nitrogen and oxygen atoms in total. The molecule has 13 heteroatoms. The monoisotopic (exact) mass is 689 g/mol. The van der Waals surface area contributed by atoms with Gasteiger partial charge in [0, 0.05) is 0 Å². The average molecular weight is 690 g/mol. The van der Waals surface area contributed by atoms with Crippen molar-refractivity contribution < 1.29 is 70.1 Å². The fourth-order valence-corrected chi connectivity index (χ4v) is 5.63. The molecule has 0 heterocycles. The number of benzene rings is 3. The predicted octanol–water partition coefficient (Wildman–Crippen LogP) is 7.62. The number of allylic oxidation sites excluding steroid dienone is 5. The Morgan fingerprint density at radius 2 is 1.12 bits per heavy atom. The minimum Gasteiger partial charge on any atom is -0.273 e. The maximum atomic E-state index is 13.4. The van der Waals surface area contributed by atoms with Crippen LogP contribution in [0.5, 0.6) is 0 Å². The number of hydrogen-bond acceptors (Lipinski definition) is 0. The second-order valence-corrected chi connectivity index (χ2v) is 11.3.